The topological polar surface area (TPSA) is 105 Å². The van der Waals surface area contributed by atoms with E-state index in [1.165, 1.54) is 0 Å². The SMILES string of the molecule is O=C(c1ccc2c(c1)OCCO2)C1CCN(C(=O)CN2C(=O)NC3(CCCCC3)C2=O)CC1. The van der Waals surface area contributed by atoms with Crippen LogP contribution in [0.5, 0.6) is 11.5 Å². The highest BCUT2D eigenvalue weighted by atomic mass is 16.6. The van der Waals surface area contributed by atoms with Crippen LogP contribution in [-0.4, -0.2) is 71.8 Å². The van der Waals surface area contributed by atoms with Gasteiger partial charge in [-0.2, -0.15) is 0 Å². The summed E-state index contributed by atoms with van der Waals surface area (Å²) in [6, 6.07) is 4.77. The Morgan fingerprint density at radius 1 is 1.00 bits per heavy atom. The first-order chi connectivity index (χ1) is 16.0. The van der Waals surface area contributed by atoms with Crippen molar-refractivity contribution >= 4 is 23.6 Å². The van der Waals surface area contributed by atoms with Gasteiger partial charge in [-0.15, -0.1) is 0 Å². The molecule has 1 aromatic carbocycles. The minimum Gasteiger partial charge on any atom is -0.486 e. The molecule has 4 amide bonds. The number of urea groups is 1. The van der Waals surface area contributed by atoms with Crippen LogP contribution in [0.3, 0.4) is 0 Å². The van der Waals surface area contributed by atoms with Gasteiger partial charge >= 0.3 is 6.03 Å². The molecule has 0 bridgehead atoms. The molecule has 3 aliphatic heterocycles. The largest absolute Gasteiger partial charge is 0.486 e. The number of benzene rings is 1. The third kappa shape index (κ3) is 4.05. The summed E-state index contributed by atoms with van der Waals surface area (Å²) in [5, 5.41) is 2.84. The van der Waals surface area contributed by atoms with E-state index >= 15 is 0 Å². The lowest BCUT2D eigenvalue weighted by molar-refractivity contribution is -0.140. The van der Waals surface area contributed by atoms with Crippen LogP contribution in [0, 0.1) is 5.92 Å². The van der Waals surface area contributed by atoms with Crippen molar-refractivity contribution in [3.63, 3.8) is 0 Å². The maximum atomic E-state index is 13.0. The Morgan fingerprint density at radius 2 is 1.70 bits per heavy atom. The number of ether oxygens (including phenoxy) is 2. The van der Waals surface area contributed by atoms with Gasteiger partial charge in [-0.25, -0.2) is 4.79 Å². The number of imide groups is 1. The second-order valence-electron chi connectivity index (χ2n) is 9.34. The lowest BCUT2D eigenvalue weighted by Gasteiger charge is -2.33. The molecule has 0 atom stereocenters. The van der Waals surface area contributed by atoms with E-state index in [-0.39, 0.29) is 30.1 Å². The average molecular weight is 456 g/mol. The highest BCUT2D eigenvalue weighted by Gasteiger charge is 2.51. The van der Waals surface area contributed by atoms with Gasteiger partial charge in [0.25, 0.3) is 5.91 Å². The van der Waals surface area contributed by atoms with Gasteiger partial charge in [-0.05, 0) is 43.9 Å². The zero-order valence-electron chi connectivity index (χ0n) is 18.6. The molecular formula is C24H29N3O6. The summed E-state index contributed by atoms with van der Waals surface area (Å²) in [7, 11) is 0. The molecule has 1 N–H and O–H groups in total. The maximum absolute atomic E-state index is 13.0. The van der Waals surface area contributed by atoms with Crippen LogP contribution in [0.15, 0.2) is 18.2 Å². The Balaban J connectivity index is 1.16. The molecule has 9 nitrogen and oxygen atoms in total. The van der Waals surface area contributed by atoms with Crippen LogP contribution in [-0.2, 0) is 9.59 Å². The van der Waals surface area contributed by atoms with Gasteiger partial charge in [-0.1, -0.05) is 19.3 Å². The summed E-state index contributed by atoms with van der Waals surface area (Å²) in [4.78, 5) is 53.9. The van der Waals surface area contributed by atoms with E-state index in [9.17, 15) is 19.2 Å². The minimum atomic E-state index is -0.821. The average Bonchev–Trinajstić information content (AvgIpc) is 3.07. The van der Waals surface area contributed by atoms with Crippen molar-refractivity contribution in [3.05, 3.63) is 23.8 Å². The lowest BCUT2D eigenvalue weighted by atomic mass is 9.82. The smallest absolute Gasteiger partial charge is 0.325 e. The van der Waals surface area contributed by atoms with E-state index in [0.29, 0.717) is 69.0 Å². The van der Waals surface area contributed by atoms with Crippen molar-refractivity contribution in [1.29, 1.82) is 0 Å². The van der Waals surface area contributed by atoms with E-state index in [1.54, 1.807) is 23.1 Å². The number of nitrogens with one attached hydrogen (secondary N) is 1. The van der Waals surface area contributed by atoms with Gasteiger partial charge in [0.05, 0.1) is 0 Å². The highest BCUT2D eigenvalue weighted by molar-refractivity contribution is 6.09. The van der Waals surface area contributed by atoms with Crippen LogP contribution < -0.4 is 14.8 Å². The van der Waals surface area contributed by atoms with E-state index in [2.05, 4.69) is 5.32 Å². The molecule has 3 heterocycles. The summed E-state index contributed by atoms with van der Waals surface area (Å²) in [6.45, 7) is 1.57. The van der Waals surface area contributed by atoms with Gasteiger partial charge in [0.1, 0.15) is 25.3 Å². The standard InChI is InChI=1S/C24H29N3O6/c28-20(15-27-22(30)24(25-23(27)31)8-2-1-3-9-24)26-10-6-16(7-11-26)21(29)17-4-5-18-19(14-17)33-13-12-32-18/h4-5,14,16H,1-3,6-13,15H2,(H,25,31). The number of carbonyl (C=O) groups is 4. The van der Waals surface area contributed by atoms with Crippen molar-refractivity contribution in [2.75, 3.05) is 32.8 Å². The molecule has 3 fully saturated rings. The Kier molecular flexibility index (Phi) is 5.72. The van der Waals surface area contributed by atoms with Gasteiger partial charge in [0.2, 0.25) is 5.91 Å². The molecule has 0 aromatic heterocycles. The molecule has 5 rings (SSSR count). The lowest BCUT2D eigenvalue weighted by Crippen LogP contribution is -2.49. The van der Waals surface area contributed by atoms with Crippen molar-refractivity contribution in [2.24, 2.45) is 5.92 Å². The molecule has 9 heteroatoms. The fraction of sp³-hybridized carbons (Fsp3) is 0.583. The van der Waals surface area contributed by atoms with Crippen molar-refractivity contribution in [3.8, 4) is 11.5 Å². The fourth-order valence-corrected chi connectivity index (χ4v) is 5.37. The molecule has 0 unspecified atom stereocenters. The number of nitrogens with zero attached hydrogens (tertiary/aromatic N) is 2. The van der Waals surface area contributed by atoms with Crippen LogP contribution in [0.2, 0.25) is 0 Å². The zero-order valence-corrected chi connectivity index (χ0v) is 18.6. The number of fused-ring (bicyclic) bond motifs is 1. The predicted molar refractivity (Wildman–Crippen MR) is 117 cm³/mol. The third-order valence-corrected chi connectivity index (χ3v) is 7.29. The monoisotopic (exact) mass is 455 g/mol. The van der Waals surface area contributed by atoms with Gasteiger partial charge in [0, 0.05) is 24.6 Å². The maximum Gasteiger partial charge on any atom is 0.325 e. The first-order valence-electron chi connectivity index (χ1n) is 11.8. The predicted octanol–water partition coefficient (Wildman–Crippen LogP) is 2.13. The number of hydrogen-bond acceptors (Lipinski definition) is 6. The third-order valence-electron chi connectivity index (χ3n) is 7.29. The van der Waals surface area contributed by atoms with Crippen LogP contribution in [0.25, 0.3) is 0 Å². The molecule has 33 heavy (non-hydrogen) atoms. The molecular weight excluding hydrogens is 426 g/mol. The number of piperidine rings is 1. The summed E-state index contributed by atoms with van der Waals surface area (Å²) < 4.78 is 11.1. The number of ketones is 1. The number of amides is 4. The molecule has 1 aliphatic carbocycles. The van der Waals surface area contributed by atoms with Crippen molar-refractivity contribution in [1.82, 2.24) is 15.1 Å². The van der Waals surface area contributed by atoms with Crippen molar-refractivity contribution in [2.45, 2.75) is 50.5 Å². The van der Waals surface area contributed by atoms with E-state index in [1.807, 2.05) is 0 Å². The van der Waals surface area contributed by atoms with E-state index in [0.717, 1.165) is 24.2 Å². The Bertz CT molecular complexity index is 978. The second-order valence-corrected chi connectivity index (χ2v) is 9.34. The number of rotatable bonds is 4. The summed E-state index contributed by atoms with van der Waals surface area (Å²) >= 11 is 0. The number of likely N-dealkylation sites (tertiary alicyclic amines) is 1. The van der Waals surface area contributed by atoms with Crippen LogP contribution in [0.1, 0.15) is 55.3 Å². The van der Waals surface area contributed by atoms with Crippen molar-refractivity contribution < 1.29 is 28.7 Å². The zero-order chi connectivity index (χ0) is 23.0. The highest BCUT2D eigenvalue weighted by Crippen LogP contribution is 2.34. The number of hydrogen-bond donors (Lipinski definition) is 1. The Labute approximate surface area is 192 Å². The summed E-state index contributed by atoms with van der Waals surface area (Å²) in [5.41, 5.74) is -0.236. The van der Waals surface area contributed by atoms with Crippen LogP contribution in [0.4, 0.5) is 4.79 Å². The molecule has 176 valence electrons. The Morgan fingerprint density at radius 3 is 2.42 bits per heavy atom. The Hall–Kier alpha value is -3.10. The van der Waals surface area contributed by atoms with Gasteiger partial charge < -0.3 is 19.7 Å². The van der Waals surface area contributed by atoms with E-state index < -0.39 is 11.6 Å². The van der Waals surface area contributed by atoms with Crippen LogP contribution >= 0.6 is 0 Å². The molecule has 1 aromatic rings. The second kappa shape index (κ2) is 8.68. The fourth-order valence-electron chi connectivity index (χ4n) is 5.37. The van der Waals surface area contributed by atoms with Gasteiger partial charge in [-0.3, -0.25) is 19.3 Å². The molecule has 4 aliphatic rings. The molecule has 2 saturated heterocycles. The summed E-state index contributed by atoms with van der Waals surface area (Å²) in [6.07, 6.45) is 5.22. The first kappa shape index (κ1) is 21.7. The first-order valence-corrected chi connectivity index (χ1v) is 11.8. The van der Waals surface area contributed by atoms with Gasteiger partial charge in [0.15, 0.2) is 17.3 Å². The molecule has 1 spiro atoms. The normalized spacial score (nSPS) is 22.4. The minimum absolute atomic E-state index is 0.0346. The molecule has 1 saturated carbocycles. The summed E-state index contributed by atoms with van der Waals surface area (Å²) in [5.74, 6) is 0.560. The molecule has 0 radical (unpaired) electrons. The van der Waals surface area contributed by atoms with E-state index in [4.69, 9.17) is 9.47 Å². The number of Topliss-reactive ketones (excluding diaryl/α,β-unsaturated/α-hetero) is 1. The number of carbonyl (C=O) groups excluding carboxylic acids is 4. The quantitative estimate of drug-likeness (QED) is 0.551.